The Hall–Kier alpha value is -3.48. The maximum atomic E-state index is 11.5. The van der Waals surface area contributed by atoms with E-state index in [0.29, 0.717) is 0 Å². The van der Waals surface area contributed by atoms with Gasteiger partial charge in [0, 0.05) is 12.5 Å². The summed E-state index contributed by atoms with van der Waals surface area (Å²) < 4.78 is 11.6. The molecule has 4 atom stereocenters. The number of fused-ring (bicyclic) bond motifs is 2. The molecule has 1 aromatic carbocycles. The van der Waals surface area contributed by atoms with E-state index in [4.69, 9.17) is 14.9 Å². The minimum atomic E-state index is -2.19. The highest BCUT2D eigenvalue weighted by Gasteiger charge is 2.79. The summed E-state index contributed by atoms with van der Waals surface area (Å²) in [4.78, 5) is 10.9. The second-order valence-electron chi connectivity index (χ2n) is 6.58. The molecule has 0 aliphatic carbocycles. The van der Waals surface area contributed by atoms with Gasteiger partial charge in [-0.3, -0.25) is 15.5 Å². The van der Waals surface area contributed by atoms with Gasteiger partial charge in [0.1, 0.15) is 6.10 Å². The van der Waals surface area contributed by atoms with Crippen molar-refractivity contribution in [1.82, 2.24) is 0 Å². The maximum Gasteiger partial charge on any atom is 0.275 e. The van der Waals surface area contributed by atoms with Crippen LogP contribution in [0.2, 0.25) is 0 Å². The van der Waals surface area contributed by atoms with Crippen LogP contribution in [0.4, 0.5) is 5.69 Å². The van der Waals surface area contributed by atoms with Crippen molar-refractivity contribution in [3.8, 4) is 18.2 Å². The molecule has 2 aliphatic heterocycles. The van der Waals surface area contributed by atoms with Crippen molar-refractivity contribution in [3.63, 3.8) is 0 Å². The van der Waals surface area contributed by atoms with Crippen molar-refractivity contribution in [3.05, 3.63) is 39.9 Å². The number of benzene rings is 1. The molecular formula is C18H15N5O4. The molecule has 1 N–H and O–H groups in total. The number of nitrogens with zero attached hydrogens (tertiary/aromatic N) is 4. The molecule has 0 radical (unpaired) electrons. The molecule has 0 spiro atoms. The normalized spacial score (nSPS) is 33.2. The molecule has 136 valence electrons. The van der Waals surface area contributed by atoms with Crippen LogP contribution in [0.15, 0.2) is 24.3 Å². The SMILES string of the molecule is CCC12OC(=N)C(C#N)(C1C)C(C#N)(C#N)C(c1ccccc1[N+](=O)[O-])O2. The molecule has 27 heavy (non-hydrogen) atoms. The van der Waals surface area contributed by atoms with Gasteiger partial charge in [0.25, 0.3) is 5.69 Å². The summed E-state index contributed by atoms with van der Waals surface area (Å²) in [6.45, 7) is 3.31. The van der Waals surface area contributed by atoms with Gasteiger partial charge in [-0.15, -0.1) is 0 Å². The predicted molar refractivity (Wildman–Crippen MR) is 89.6 cm³/mol. The number of ether oxygens (including phenoxy) is 2. The summed E-state index contributed by atoms with van der Waals surface area (Å²) in [6.07, 6.45) is -1.21. The van der Waals surface area contributed by atoms with Gasteiger partial charge >= 0.3 is 0 Å². The molecule has 1 aromatic rings. The Morgan fingerprint density at radius 3 is 2.41 bits per heavy atom. The molecule has 2 fully saturated rings. The van der Waals surface area contributed by atoms with E-state index in [1.807, 2.05) is 18.2 Å². The highest BCUT2D eigenvalue weighted by molar-refractivity contribution is 5.89. The summed E-state index contributed by atoms with van der Waals surface area (Å²) in [6, 6.07) is 11.3. The first-order valence-corrected chi connectivity index (χ1v) is 8.23. The van der Waals surface area contributed by atoms with Crippen molar-refractivity contribution in [2.24, 2.45) is 16.7 Å². The zero-order chi connectivity index (χ0) is 20.0. The van der Waals surface area contributed by atoms with Crippen molar-refractivity contribution >= 4 is 11.6 Å². The van der Waals surface area contributed by atoms with Crippen molar-refractivity contribution in [1.29, 1.82) is 21.2 Å². The van der Waals surface area contributed by atoms with Gasteiger partial charge in [0.15, 0.2) is 5.41 Å². The number of para-hydroxylation sites is 1. The highest BCUT2D eigenvalue weighted by atomic mass is 16.7. The van der Waals surface area contributed by atoms with Crippen LogP contribution >= 0.6 is 0 Å². The molecule has 2 aliphatic rings. The van der Waals surface area contributed by atoms with E-state index in [2.05, 4.69) is 0 Å². The zero-order valence-electron chi connectivity index (χ0n) is 14.6. The lowest BCUT2D eigenvalue weighted by Crippen LogP contribution is -2.58. The highest BCUT2D eigenvalue weighted by Crippen LogP contribution is 2.67. The van der Waals surface area contributed by atoms with Gasteiger partial charge in [-0.25, -0.2) is 0 Å². The molecule has 4 unspecified atom stereocenters. The summed E-state index contributed by atoms with van der Waals surface area (Å²) in [5.41, 5.74) is -4.45. The fraction of sp³-hybridized carbons (Fsp3) is 0.444. The third kappa shape index (κ3) is 1.91. The number of hydrogen-bond acceptors (Lipinski definition) is 8. The maximum absolute atomic E-state index is 11.5. The Labute approximate surface area is 155 Å². The topological polar surface area (TPSA) is 157 Å². The second kappa shape index (κ2) is 5.77. The molecular weight excluding hydrogens is 350 g/mol. The van der Waals surface area contributed by atoms with Crippen LogP contribution in [0.3, 0.4) is 0 Å². The zero-order valence-corrected chi connectivity index (χ0v) is 14.6. The molecule has 9 nitrogen and oxygen atoms in total. The van der Waals surface area contributed by atoms with Gasteiger partial charge < -0.3 is 9.47 Å². The van der Waals surface area contributed by atoms with Crippen LogP contribution in [0, 0.1) is 66.3 Å². The molecule has 3 rings (SSSR count). The van der Waals surface area contributed by atoms with Gasteiger partial charge in [0.05, 0.1) is 34.6 Å². The summed E-state index contributed by atoms with van der Waals surface area (Å²) in [5, 5.41) is 49.7. The van der Waals surface area contributed by atoms with E-state index in [0.717, 1.165) is 0 Å². The quantitative estimate of drug-likeness (QED) is 0.637. The van der Waals surface area contributed by atoms with E-state index in [-0.39, 0.29) is 17.7 Å². The first-order valence-electron chi connectivity index (χ1n) is 8.23. The Balaban J connectivity index is 2.39. The molecule has 0 aromatic heterocycles. The lowest BCUT2D eigenvalue weighted by Gasteiger charge is -2.48. The minimum absolute atomic E-state index is 0.00625. The van der Waals surface area contributed by atoms with Gasteiger partial charge in [0.2, 0.25) is 17.1 Å². The minimum Gasteiger partial charge on any atom is -0.447 e. The van der Waals surface area contributed by atoms with Crippen molar-refractivity contribution < 1.29 is 14.4 Å². The van der Waals surface area contributed by atoms with Gasteiger partial charge in [-0.1, -0.05) is 26.0 Å². The third-order valence-corrected chi connectivity index (χ3v) is 5.71. The Morgan fingerprint density at radius 1 is 1.26 bits per heavy atom. The first-order chi connectivity index (χ1) is 12.8. The third-order valence-electron chi connectivity index (χ3n) is 5.71. The van der Waals surface area contributed by atoms with Gasteiger partial charge in [-0.2, -0.15) is 15.8 Å². The molecule has 0 saturated carbocycles. The molecule has 2 bridgehead atoms. The summed E-state index contributed by atoms with van der Waals surface area (Å²) >= 11 is 0. The van der Waals surface area contributed by atoms with E-state index >= 15 is 0 Å². The van der Waals surface area contributed by atoms with E-state index in [9.17, 15) is 25.9 Å². The monoisotopic (exact) mass is 365 g/mol. The Morgan fingerprint density at radius 2 is 1.89 bits per heavy atom. The number of rotatable bonds is 3. The fourth-order valence-electron chi connectivity index (χ4n) is 4.20. The Kier molecular flexibility index (Phi) is 3.91. The predicted octanol–water partition coefficient (Wildman–Crippen LogP) is 2.96. The lowest BCUT2D eigenvalue weighted by molar-refractivity contribution is -0.387. The van der Waals surface area contributed by atoms with E-state index in [1.54, 1.807) is 13.8 Å². The van der Waals surface area contributed by atoms with E-state index in [1.165, 1.54) is 24.3 Å². The number of nitro benzene ring substituents is 1. The van der Waals surface area contributed by atoms with Crippen molar-refractivity contribution in [2.45, 2.75) is 32.2 Å². The summed E-state index contributed by atoms with van der Waals surface area (Å²) in [5.74, 6) is -2.76. The second-order valence-corrected chi connectivity index (χ2v) is 6.58. The van der Waals surface area contributed by atoms with Crippen LogP contribution in [-0.4, -0.2) is 16.6 Å². The van der Waals surface area contributed by atoms with Crippen LogP contribution in [0.1, 0.15) is 31.9 Å². The van der Waals surface area contributed by atoms with Crippen molar-refractivity contribution in [2.75, 3.05) is 0 Å². The first kappa shape index (κ1) is 18.3. The molecule has 2 heterocycles. The number of hydrogen-bond donors (Lipinski definition) is 1. The smallest absolute Gasteiger partial charge is 0.275 e. The van der Waals surface area contributed by atoms with E-state index < -0.39 is 39.5 Å². The van der Waals surface area contributed by atoms with Crippen LogP contribution in [0.5, 0.6) is 0 Å². The van der Waals surface area contributed by atoms with Crippen LogP contribution < -0.4 is 0 Å². The standard InChI is InChI=1S/C18H15N5O4/c1-3-18-11(2)17(10-21,15(22)27-18)16(8-19,9-20)14(26-18)12-6-4-5-7-13(12)23(24)25/h4-7,11,14,22H,3H2,1-2H3. The Bertz CT molecular complexity index is 957. The summed E-state index contributed by atoms with van der Waals surface area (Å²) in [7, 11) is 0. The van der Waals surface area contributed by atoms with Gasteiger partial charge in [-0.05, 0) is 6.07 Å². The lowest BCUT2D eigenvalue weighted by atomic mass is 9.53. The largest absolute Gasteiger partial charge is 0.447 e. The number of nitro groups is 1. The fourth-order valence-corrected chi connectivity index (χ4v) is 4.20. The van der Waals surface area contributed by atoms with Crippen LogP contribution in [-0.2, 0) is 9.47 Å². The molecule has 2 saturated heterocycles. The number of nitrogens with one attached hydrogen (secondary N) is 1. The average Bonchev–Trinajstić information content (AvgIpc) is 2.84. The van der Waals surface area contributed by atoms with Crippen LogP contribution in [0.25, 0.3) is 0 Å². The average molecular weight is 365 g/mol. The molecule has 0 amide bonds. The number of nitriles is 3. The molecule has 9 heteroatoms.